The van der Waals surface area contributed by atoms with Gasteiger partial charge in [0.05, 0.1) is 25.1 Å². The van der Waals surface area contributed by atoms with Gasteiger partial charge >= 0.3 is 5.97 Å². The smallest absolute Gasteiger partial charge is 0.341 e. The number of hydrogen-bond donors (Lipinski definition) is 0. The standard InChI is InChI=1S/C12H20N2O3/c1-4-6-7-16-9-11-10(8-13-14(11)3)12(15)17-5-2/h8H,4-7,9H2,1-3H3. The Labute approximate surface area is 102 Å². The van der Waals surface area contributed by atoms with Crippen molar-refractivity contribution < 1.29 is 14.3 Å². The highest BCUT2D eigenvalue weighted by Crippen LogP contribution is 2.11. The second-order valence-corrected chi connectivity index (χ2v) is 3.76. The van der Waals surface area contributed by atoms with E-state index in [1.807, 2.05) is 0 Å². The van der Waals surface area contributed by atoms with Crippen LogP contribution in [0.3, 0.4) is 0 Å². The highest BCUT2D eigenvalue weighted by Gasteiger charge is 2.16. The molecule has 0 aliphatic rings. The number of carbonyl (C=O) groups is 1. The van der Waals surface area contributed by atoms with E-state index in [-0.39, 0.29) is 5.97 Å². The van der Waals surface area contributed by atoms with E-state index in [9.17, 15) is 4.79 Å². The summed E-state index contributed by atoms with van der Waals surface area (Å²) in [4.78, 5) is 11.6. The summed E-state index contributed by atoms with van der Waals surface area (Å²) in [5, 5.41) is 4.05. The van der Waals surface area contributed by atoms with E-state index in [1.54, 1.807) is 18.7 Å². The Kier molecular flexibility index (Phi) is 5.69. The van der Waals surface area contributed by atoms with Crippen LogP contribution in [0.2, 0.25) is 0 Å². The Bertz CT molecular complexity index is 361. The van der Waals surface area contributed by atoms with Gasteiger partial charge in [-0.3, -0.25) is 4.68 Å². The molecule has 0 aromatic carbocycles. The van der Waals surface area contributed by atoms with Gasteiger partial charge in [0.25, 0.3) is 0 Å². The molecular formula is C12H20N2O3. The fourth-order valence-corrected chi connectivity index (χ4v) is 1.43. The van der Waals surface area contributed by atoms with Gasteiger partial charge in [-0.15, -0.1) is 0 Å². The van der Waals surface area contributed by atoms with Crippen molar-refractivity contribution in [1.29, 1.82) is 0 Å². The van der Waals surface area contributed by atoms with Crippen molar-refractivity contribution in [3.63, 3.8) is 0 Å². The van der Waals surface area contributed by atoms with Crippen molar-refractivity contribution in [1.82, 2.24) is 9.78 Å². The van der Waals surface area contributed by atoms with Crippen molar-refractivity contribution in [3.8, 4) is 0 Å². The Hall–Kier alpha value is -1.36. The predicted molar refractivity (Wildman–Crippen MR) is 63.7 cm³/mol. The van der Waals surface area contributed by atoms with Crippen molar-refractivity contribution in [2.24, 2.45) is 7.05 Å². The minimum absolute atomic E-state index is 0.338. The Morgan fingerprint density at radius 1 is 1.47 bits per heavy atom. The first-order valence-corrected chi connectivity index (χ1v) is 5.96. The first kappa shape index (κ1) is 13.7. The van der Waals surface area contributed by atoms with Gasteiger partial charge in [-0.25, -0.2) is 4.79 Å². The molecular weight excluding hydrogens is 220 g/mol. The first-order valence-electron chi connectivity index (χ1n) is 5.96. The molecule has 0 aliphatic carbocycles. The van der Waals surface area contributed by atoms with Crippen molar-refractivity contribution in [3.05, 3.63) is 17.5 Å². The van der Waals surface area contributed by atoms with Gasteiger partial charge in [0.15, 0.2) is 0 Å². The number of rotatable bonds is 7. The third kappa shape index (κ3) is 3.85. The van der Waals surface area contributed by atoms with Crippen LogP contribution < -0.4 is 0 Å². The SMILES string of the molecule is CCCCOCc1c(C(=O)OCC)cnn1C. The molecule has 0 spiro atoms. The van der Waals surface area contributed by atoms with Crippen LogP contribution in [0.15, 0.2) is 6.20 Å². The summed E-state index contributed by atoms with van der Waals surface area (Å²) in [5.41, 5.74) is 1.26. The quantitative estimate of drug-likeness (QED) is 0.539. The van der Waals surface area contributed by atoms with E-state index in [0.717, 1.165) is 18.5 Å². The van der Waals surface area contributed by atoms with Crippen LogP contribution in [0, 0.1) is 0 Å². The normalized spacial score (nSPS) is 10.5. The molecule has 1 aromatic heterocycles. The molecule has 5 nitrogen and oxygen atoms in total. The number of nitrogens with zero attached hydrogens (tertiary/aromatic N) is 2. The molecule has 0 saturated heterocycles. The fourth-order valence-electron chi connectivity index (χ4n) is 1.43. The van der Waals surface area contributed by atoms with E-state index in [4.69, 9.17) is 9.47 Å². The predicted octanol–water partition coefficient (Wildman–Crippen LogP) is 1.91. The van der Waals surface area contributed by atoms with E-state index in [2.05, 4.69) is 12.0 Å². The summed E-state index contributed by atoms with van der Waals surface area (Å²) < 4.78 is 12.1. The average molecular weight is 240 g/mol. The number of ether oxygens (including phenoxy) is 2. The van der Waals surface area contributed by atoms with Crippen molar-refractivity contribution >= 4 is 5.97 Å². The molecule has 0 N–H and O–H groups in total. The molecule has 1 heterocycles. The van der Waals surface area contributed by atoms with Crippen molar-refractivity contribution in [2.75, 3.05) is 13.2 Å². The van der Waals surface area contributed by atoms with Gasteiger partial charge in [-0.2, -0.15) is 5.10 Å². The van der Waals surface area contributed by atoms with Crippen LogP contribution in [0.4, 0.5) is 0 Å². The number of carbonyl (C=O) groups excluding carboxylic acids is 1. The molecule has 5 heteroatoms. The largest absolute Gasteiger partial charge is 0.462 e. The molecule has 0 saturated carbocycles. The van der Waals surface area contributed by atoms with Gasteiger partial charge in [-0.05, 0) is 13.3 Å². The topological polar surface area (TPSA) is 53.4 Å². The average Bonchev–Trinajstić information content (AvgIpc) is 2.67. The third-order valence-electron chi connectivity index (χ3n) is 2.44. The van der Waals surface area contributed by atoms with Crippen LogP contribution in [-0.4, -0.2) is 29.0 Å². The van der Waals surface area contributed by atoms with Crippen LogP contribution in [0.25, 0.3) is 0 Å². The summed E-state index contributed by atoms with van der Waals surface area (Å²) in [6.07, 6.45) is 3.64. The van der Waals surface area contributed by atoms with Crippen molar-refractivity contribution in [2.45, 2.75) is 33.3 Å². The number of unbranched alkanes of at least 4 members (excludes halogenated alkanes) is 1. The Morgan fingerprint density at radius 3 is 2.88 bits per heavy atom. The molecule has 0 radical (unpaired) electrons. The molecule has 0 amide bonds. The van der Waals surface area contributed by atoms with Gasteiger partial charge in [0, 0.05) is 13.7 Å². The second kappa shape index (κ2) is 7.06. The summed E-state index contributed by atoms with van der Waals surface area (Å²) in [5.74, 6) is -0.338. The van der Waals surface area contributed by atoms with Crippen LogP contribution >= 0.6 is 0 Å². The van der Waals surface area contributed by atoms with Gasteiger partial charge in [0.2, 0.25) is 0 Å². The zero-order chi connectivity index (χ0) is 12.7. The van der Waals surface area contributed by atoms with Gasteiger partial charge < -0.3 is 9.47 Å². The zero-order valence-electron chi connectivity index (χ0n) is 10.7. The lowest BCUT2D eigenvalue weighted by atomic mass is 10.2. The lowest BCUT2D eigenvalue weighted by molar-refractivity contribution is 0.0517. The lowest BCUT2D eigenvalue weighted by Gasteiger charge is -2.06. The summed E-state index contributed by atoms with van der Waals surface area (Å²) >= 11 is 0. The number of hydrogen-bond acceptors (Lipinski definition) is 4. The first-order chi connectivity index (χ1) is 8.20. The number of aryl methyl sites for hydroxylation is 1. The van der Waals surface area contributed by atoms with Crippen LogP contribution in [0.5, 0.6) is 0 Å². The molecule has 0 bridgehead atoms. The summed E-state index contributed by atoms with van der Waals surface area (Å²) in [7, 11) is 1.79. The van der Waals surface area contributed by atoms with E-state index >= 15 is 0 Å². The number of esters is 1. The third-order valence-corrected chi connectivity index (χ3v) is 2.44. The fraction of sp³-hybridized carbons (Fsp3) is 0.667. The Balaban J connectivity index is 2.63. The van der Waals surface area contributed by atoms with Crippen LogP contribution in [-0.2, 0) is 23.1 Å². The zero-order valence-corrected chi connectivity index (χ0v) is 10.7. The molecule has 96 valence electrons. The van der Waals surface area contributed by atoms with E-state index < -0.39 is 0 Å². The number of aromatic nitrogens is 2. The molecule has 0 unspecified atom stereocenters. The maximum Gasteiger partial charge on any atom is 0.341 e. The lowest BCUT2D eigenvalue weighted by Crippen LogP contribution is -2.10. The molecule has 1 rings (SSSR count). The monoisotopic (exact) mass is 240 g/mol. The maximum absolute atomic E-state index is 11.6. The maximum atomic E-state index is 11.6. The van der Waals surface area contributed by atoms with E-state index in [0.29, 0.717) is 25.4 Å². The molecule has 1 aromatic rings. The van der Waals surface area contributed by atoms with E-state index in [1.165, 1.54) is 6.20 Å². The Morgan fingerprint density at radius 2 is 2.24 bits per heavy atom. The van der Waals surface area contributed by atoms with Gasteiger partial charge in [-0.1, -0.05) is 13.3 Å². The molecule has 0 aliphatic heterocycles. The molecule has 0 fully saturated rings. The minimum Gasteiger partial charge on any atom is -0.462 e. The molecule has 0 atom stereocenters. The minimum atomic E-state index is -0.338. The second-order valence-electron chi connectivity index (χ2n) is 3.76. The highest BCUT2D eigenvalue weighted by atomic mass is 16.5. The molecule has 17 heavy (non-hydrogen) atoms. The van der Waals surface area contributed by atoms with Gasteiger partial charge in [0.1, 0.15) is 5.56 Å². The highest BCUT2D eigenvalue weighted by molar-refractivity contribution is 5.90. The van der Waals surface area contributed by atoms with Crippen LogP contribution in [0.1, 0.15) is 42.7 Å². The summed E-state index contributed by atoms with van der Waals surface area (Å²) in [6, 6.07) is 0. The summed E-state index contributed by atoms with van der Waals surface area (Å²) in [6.45, 7) is 5.35.